The van der Waals surface area contributed by atoms with Crippen LogP contribution in [0.25, 0.3) is 0 Å². The van der Waals surface area contributed by atoms with E-state index in [0.717, 1.165) is 36.2 Å². The average Bonchev–Trinajstić information content (AvgIpc) is 3.11. The average molecular weight is 423 g/mol. The Morgan fingerprint density at radius 1 is 1.03 bits per heavy atom. The topological polar surface area (TPSA) is 17.1 Å². The predicted molar refractivity (Wildman–Crippen MR) is 124 cm³/mol. The number of carbonyl (C=O) groups is 1. The van der Waals surface area contributed by atoms with Crippen molar-refractivity contribution in [1.29, 1.82) is 0 Å². The van der Waals surface area contributed by atoms with Crippen molar-refractivity contribution >= 4 is 5.78 Å². The van der Waals surface area contributed by atoms with Crippen molar-refractivity contribution in [2.75, 3.05) is 0 Å². The van der Waals surface area contributed by atoms with E-state index in [9.17, 15) is 9.18 Å². The van der Waals surface area contributed by atoms with Crippen LogP contribution in [0, 0.1) is 46.2 Å². The standard InChI is InChI=1S/C29H39FO/c1-19-14-16-28(2)21(18-19)7-10-23-24-11-12-26(29(24,3)17-15-25(23)28)27(31)13-6-20-4-8-22(30)9-5-20/h4-5,7-9,19,23-26H,6,10-18H2,1-3H3/t19-,23-,24-,25-,26+,28-,29-/m0/s1. The van der Waals surface area contributed by atoms with Gasteiger partial charge in [-0.05, 0) is 110 Å². The fourth-order valence-corrected chi connectivity index (χ4v) is 8.46. The smallest absolute Gasteiger partial charge is 0.136 e. The molecule has 0 heterocycles. The van der Waals surface area contributed by atoms with E-state index < -0.39 is 0 Å². The van der Waals surface area contributed by atoms with Crippen LogP contribution in [0.2, 0.25) is 0 Å². The lowest BCUT2D eigenvalue weighted by Gasteiger charge is -2.58. The van der Waals surface area contributed by atoms with Gasteiger partial charge in [-0.3, -0.25) is 4.79 Å². The van der Waals surface area contributed by atoms with Crippen LogP contribution in [0.4, 0.5) is 4.39 Å². The van der Waals surface area contributed by atoms with E-state index in [1.165, 1.54) is 57.1 Å². The summed E-state index contributed by atoms with van der Waals surface area (Å²) in [7, 11) is 0. The van der Waals surface area contributed by atoms with Crippen molar-refractivity contribution < 1.29 is 9.18 Å². The van der Waals surface area contributed by atoms with Crippen molar-refractivity contribution in [2.45, 2.75) is 85.0 Å². The maximum Gasteiger partial charge on any atom is 0.136 e. The predicted octanol–water partition coefficient (Wildman–Crippen LogP) is 7.54. The van der Waals surface area contributed by atoms with Crippen LogP contribution in [0.5, 0.6) is 0 Å². The summed E-state index contributed by atoms with van der Waals surface area (Å²) in [5.74, 6) is 3.63. The van der Waals surface area contributed by atoms with Gasteiger partial charge in [-0.1, -0.05) is 44.6 Å². The summed E-state index contributed by atoms with van der Waals surface area (Å²) >= 11 is 0. The molecule has 0 radical (unpaired) electrons. The van der Waals surface area contributed by atoms with E-state index in [2.05, 4.69) is 26.8 Å². The molecule has 7 atom stereocenters. The van der Waals surface area contributed by atoms with Crippen LogP contribution < -0.4 is 0 Å². The van der Waals surface area contributed by atoms with Crippen LogP contribution >= 0.6 is 0 Å². The lowest BCUT2D eigenvalue weighted by Crippen LogP contribution is -2.50. The van der Waals surface area contributed by atoms with Gasteiger partial charge >= 0.3 is 0 Å². The number of benzene rings is 1. The Morgan fingerprint density at radius 3 is 2.58 bits per heavy atom. The number of hydrogen-bond acceptors (Lipinski definition) is 1. The Labute approximate surface area is 187 Å². The lowest BCUT2D eigenvalue weighted by molar-refractivity contribution is -0.129. The second-order valence-electron chi connectivity index (χ2n) is 11.9. The van der Waals surface area contributed by atoms with Gasteiger partial charge in [0.05, 0.1) is 0 Å². The van der Waals surface area contributed by atoms with E-state index in [4.69, 9.17) is 0 Å². The molecule has 0 N–H and O–H groups in total. The van der Waals surface area contributed by atoms with Gasteiger partial charge in [0.25, 0.3) is 0 Å². The number of allylic oxidation sites excluding steroid dienone is 2. The molecule has 0 amide bonds. The zero-order valence-corrected chi connectivity index (χ0v) is 19.6. The third kappa shape index (κ3) is 3.53. The zero-order chi connectivity index (χ0) is 21.8. The number of halogens is 1. The number of Topliss-reactive ketones (excluding diaryl/α,β-unsaturated/α-hetero) is 1. The highest BCUT2D eigenvalue weighted by Gasteiger charge is 2.59. The first-order valence-corrected chi connectivity index (χ1v) is 12.8. The number of hydrogen-bond donors (Lipinski definition) is 0. The molecule has 2 heteroatoms. The Morgan fingerprint density at radius 2 is 1.81 bits per heavy atom. The molecule has 1 nitrogen and oxygen atoms in total. The number of aryl methyl sites for hydroxylation is 1. The molecule has 31 heavy (non-hydrogen) atoms. The highest BCUT2D eigenvalue weighted by molar-refractivity contribution is 5.82. The summed E-state index contributed by atoms with van der Waals surface area (Å²) in [6, 6.07) is 6.66. The molecule has 0 spiro atoms. The summed E-state index contributed by atoms with van der Waals surface area (Å²) in [6.45, 7) is 7.44. The first-order valence-electron chi connectivity index (χ1n) is 12.8. The summed E-state index contributed by atoms with van der Waals surface area (Å²) < 4.78 is 13.2. The minimum atomic E-state index is -0.205. The molecule has 4 aliphatic rings. The van der Waals surface area contributed by atoms with E-state index in [-0.39, 0.29) is 17.2 Å². The van der Waals surface area contributed by atoms with E-state index in [1.54, 1.807) is 5.57 Å². The first-order chi connectivity index (χ1) is 14.8. The van der Waals surface area contributed by atoms with E-state index in [0.29, 0.717) is 23.5 Å². The van der Waals surface area contributed by atoms with Gasteiger partial charge < -0.3 is 0 Å². The molecule has 1 aromatic rings. The van der Waals surface area contributed by atoms with Crippen molar-refractivity contribution in [1.82, 2.24) is 0 Å². The third-order valence-corrected chi connectivity index (χ3v) is 10.3. The van der Waals surface area contributed by atoms with Gasteiger partial charge in [0.2, 0.25) is 0 Å². The molecule has 3 saturated carbocycles. The minimum absolute atomic E-state index is 0.185. The maximum atomic E-state index is 13.3. The SMILES string of the molecule is C[C@H]1CC[C@@]2(C)C(=CC[C@H]3[C@@H]4CC[C@H](C(=O)CCc5ccc(F)cc5)[C@@]4(C)CC[C@@H]32)C1. The normalized spacial score (nSPS) is 41.7. The molecule has 4 aliphatic carbocycles. The molecule has 168 valence electrons. The van der Waals surface area contributed by atoms with Gasteiger partial charge in [-0.15, -0.1) is 0 Å². The Balaban J connectivity index is 1.30. The summed E-state index contributed by atoms with van der Waals surface area (Å²) in [5.41, 5.74) is 3.44. The van der Waals surface area contributed by atoms with Crippen LogP contribution in [0.1, 0.15) is 84.1 Å². The molecule has 3 fully saturated rings. The van der Waals surface area contributed by atoms with E-state index >= 15 is 0 Å². The number of carbonyl (C=O) groups excluding carboxylic acids is 1. The highest BCUT2D eigenvalue weighted by Crippen LogP contribution is 2.66. The fourth-order valence-electron chi connectivity index (χ4n) is 8.46. The first kappa shape index (κ1) is 21.4. The maximum absolute atomic E-state index is 13.3. The Hall–Kier alpha value is -1.44. The van der Waals surface area contributed by atoms with Gasteiger partial charge in [-0.2, -0.15) is 0 Å². The van der Waals surface area contributed by atoms with Crippen LogP contribution in [0.15, 0.2) is 35.9 Å². The molecule has 0 aliphatic heterocycles. The second-order valence-corrected chi connectivity index (χ2v) is 11.9. The van der Waals surface area contributed by atoms with Crippen LogP contribution in [-0.2, 0) is 11.2 Å². The van der Waals surface area contributed by atoms with Gasteiger partial charge in [-0.25, -0.2) is 4.39 Å². The van der Waals surface area contributed by atoms with Crippen molar-refractivity contribution in [3.05, 3.63) is 47.3 Å². The summed E-state index contributed by atoms with van der Waals surface area (Å²) in [5, 5.41) is 0. The molecule has 0 bridgehead atoms. The van der Waals surface area contributed by atoms with Crippen molar-refractivity contribution in [2.24, 2.45) is 40.4 Å². The van der Waals surface area contributed by atoms with Crippen molar-refractivity contribution in [3.63, 3.8) is 0 Å². The Bertz CT molecular complexity index is 869. The number of ketones is 1. The number of fused-ring (bicyclic) bond motifs is 5. The highest BCUT2D eigenvalue weighted by atomic mass is 19.1. The van der Waals surface area contributed by atoms with Gasteiger partial charge in [0.15, 0.2) is 0 Å². The monoisotopic (exact) mass is 422 g/mol. The molecule has 5 rings (SSSR count). The fraction of sp³-hybridized carbons (Fsp3) is 0.690. The molecular formula is C29H39FO. The lowest BCUT2D eigenvalue weighted by atomic mass is 9.47. The third-order valence-electron chi connectivity index (χ3n) is 10.3. The quantitative estimate of drug-likeness (QED) is 0.458. The molecule has 0 unspecified atom stereocenters. The summed E-state index contributed by atoms with van der Waals surface area (Å²) in [4.78, 5) is 13.3. The number of rotatable bonds is 4. The molecule has 0 saturated heterocycles. The summed E-state index contributed by atoms with van der Waals surface area (Å²) in [6.07, 6.45) is 14.1. The minimum Gasteiger partial charge on any atom is -0.299 e. The largest absolute Gasteiger partial charge is 0.299 e. The van der Waals surface area contributed by atoms with Crippen LogP contribution in [0.3, 0.4) is 0 Å². The van der Waals surface area contributed by atoms with Gasteiger partial charge in [0.1, 0.15) is 11.6 Å². The van der Waals surface area contributed by atoms with Crippen LogP contribution in [-0.4, -0.2) is 5.78 Å². The van der Waals surface area contributed by atoms with Gasteiger partial charge in [0, 0.05) is 12.3 Å². The van der Waals surface area contributed by atoms with Crippen molar-refractivity contribution in [3.8, 4) is 0 Å². The Kier molecular flexibility index (Phi) is 5.42. The molecular weight excluding hydrogens is 383 g/mol. The zero-order valence-electron chi connectivity index (χ0n) is 19.6. The van der Waals surface area contributed by atoms with E-state index in [1.807, 2.05) is 12.1 Å². The molecule has 0 aromatic heterocycles. The molecule has 1 aromatic carbocycles. The second kappa shape index (κ2) is 7.85.